The van der Waals surface area contributed by atoms with Gasteiger partial charge in [-0.2, -0.15) is 0 Å². The Morgan fingerprint density at radius 2 is 2.00 bits per heavy atom. The zero-order chi connectivity index (χ0) is 14.8. The van der Waals surface area contributed by atoms with Crippen LogP contribution >= 0.6 is 11.6 Å². The zero-order valence-electron chi connectivity index (χ0n) is 13.0. The molecule has 1 aliphatic carbocycles. The fraction of sp³-hybridized carbons (Fsp3) is 0.667. The Bertz CT molecular complexity index is 480. The van der Waals surface area contributed by atoms with Crippen molar-refractivity contribution in [1.29, 1.82) is 0 Å². The number of rotatable bonds is 4. The maximum Gasteiger partial charge on any atom is 0.0410 e. The van der Waals surface area contributed by atoms with Crippen LogP contribution in [0.3, 0.4) is 0 Å². The summed E-state index contributed by atoms with van der Waals surface area (Å²) < 4.78 is 0. The second kappa shape index (κ2) is 6.58. The first-order chi connectivity index (χ1) is 10.1. The minimum atomic E-state index is 0.176. The molecule has 1 aliphatic heterocycles. The fourth-order valence-electron chi connectivity index (χ4n) is 4.27. The van der Waals surface area contributed by atoms with E-state index in [9.17, 15) is 0 Å². The largest absolute Gasteiger partial charge is 0.368 e. The smallest absolute Gasteiger partial charge is 0.0410 e. The molecule has 2 aliphatic rings. The number of halogens is 1. The molecular weight excluding hydrogens is 280 g/mol. The molecule has 2 N–H and O–H groups in total. The van der Waals surface area contributed by atoms with Gasteiger partial charge in [0.1, 0.15) is 0 Å². The van der Waals surface area contributed by atoms with E-state index < -0.39 is 0 Å². The summed E-state index contributed by atoms with van der Waals surface area (Å²) in [5.41, 5.74) is 8.74. The van der Waals surface area contributed by atoms with Gasteiger partial charge in [0.05, 0.1) is 0 Å². The van der Waals surface area contributed by atoms with Gasteiger partial charge in [0.25, 0.3) is 0 Å². The molecule has 1 aromatic carbocycles. The van der Waals surface area contributed by atoms with Gasteiger partial charge in [0, 0.05) is 29.3 Å². The van der Waals surface area contributed by atoms with Crippen molar-refractivity contribution in [3.05, 3.63) is 28.8 Å². The minimum absolute atomic E-state index is 0.176. The summed E-state index contributed by atoms with van der Waals surface area (Å²) >= 11 is 6.21. The summed E-state index contributed by atoms with van der Waals surface area (Å²) in [5, 5.41) is 0.825. The molecule has 1 aromatic rings. The number of hydrogen-bond donors (Lipinski definition) is 1. The Kier molecular flexibility index (Phi) is 4.75. The molecule has 0 radical (unpaired) electrons. The van der Waals surface area contributed by atoms with Gasteiger partial charge < -0.3 is 10.6 Å². The van der Waals surface area contributed by atoms with Crippen molar-refractivity contribution < 1.29 is 0 Å². The van der Waals surface area contributed by atoms with Gasteiger partial charge in [0.2, 0.25) is 0 Å². The van der Waals surface area contributed by atoms with Crippen LogP contribution in [-0.2, 0) is 6.42 Å². The van der Waals surface area contributed by atoms with Crippen LogP contribution in [0.2, 0.25) is 5.02 Å². The predicted molar refractivity (Wildman–Crippen MR) is 91.1 cm³/mol. The Hall–Kier alpha value is -0.730. The number of benzene rings is 1. The minimum Gasteiger partial charge on any atom is -0.368 e. The molecule has 0 spiro atoms. The summed E-state index contributed by atoms with van der Waals surface area (Å²) in [6.07, 6.45) is 9.25. The fourth-order valence-corrected chi connectivity index (χ4v) is 4.46. The summed E-state index contributed by atoms with van der Waals surface area (Å²) in [7, 11) is 0. The molecule has 2 nitrogen and oxygen atoms in total. The van der Waals surface area contributed by atoms with Crippen molar-refractivity contribution in [2.75, 3.05) is 11.4 Å². The molecule has 2 unspecified atom stereocenters. The van der Waals surface area contributed by atoms with E-state index in [1.54, 1.807) is 0 Å². The molecule has 0 amide bonds. The molecule has 0 bridgehead atoms. The third-order valence-electron chi connectivity index (χ3n) is 5.14. The molecule has 1 saturated heterocycles. The van der Waals surface area contributed by atoms with Crippen LogP contribution in [0.15, 0.2) is 18.2 Å². The second-order valence-corrected chi connectivity index (χ2v) is 7.34. The summed E-state index contributed by atoms with van der Waals surface area (Å²) in [5.74, 6) is 0.895. The molecule has 1 heterocycles. The van der Waals surface area contributed by atoms with Crippen LogP contribution in [0.5, 0.6) is 0 Å². The zero-order valence-corrected chi connectivity index (χ0v) is 13.8. The van der Waals surface area contributed by atoms with E-state index in [1.165, 1.54) is 56.3 Å². The average molecular weight is 307 g/mol. The van der Waals surface area contributed by atoms with E-state index in [0.717, 1.165) is 23.4 Å². The van der Waals surface area contributed by atoms with Crippen molar-refractivity contribution in [3.8, 4) is 0 Å². The van der Waals surface area contributed by atoms with Crippen molar-refractivity contribution in [1.82, 2.24) is 0 Å². The van der Waals surface area contributed by atoms with Crippen LogP contribution in [0.1, 0.15) is 51.0 Å². The SMILES string of the molecule is CC(N)Cc1cc(Cl)ccc1N1CCCC1C1CCCC1. The van der Waals surface area contributed by atoms with E-state index in [4.69, 9.17) is 17.3 Å². The van der Waals surface area contributed by atoms with Crippen LogP contribution < -0.4 is 10.6 Å². The highest BCUT2D eigenvalue weighted by Gasteiger charge is 2.34. The topological polar surface area (TPSA) is 29.3 Å². The van der Waals surface area contributed by atoms with E-state index in [0.29, 0.717) is 0 Å². The van der Waals surface area contributed by atoms with Crippen LogP contribution in [0.25, 0.3) is 0 Å². The lowest BCUT2D eigenvalue weighted by Crippen LogP contribution is -2.35. The molecule has 2 atom stereocenters. The lowest BCUT2D eigenvalue weighted by Gasteiger charge is -2.33. The first-order valence-electron chi connectivity index (χ1n) is 8.46. The number of anilines is 1. The van der Waals surface area contributed by atoms with Crippen molar-refractivity contribution in [2.24, 2.45) is 11.7 Å². The maximum absolute atomic E-state index is 6.21. The Balaban J connectivity index is 1.87. The van der Waals surface area contributed by atoms with Crippen LogP contribution in [0, 0.1) is 5.92 Å². The number of nitrogens with zero attached hydrogens (tertiary/aromatic N) is 1. The Labute approximate surface area is 133 Å². The lowest BCUT2D eigenvalue weighted by atomic mass is 9.95. The Morgan fingerprint density at radius 1 is 1.24 bits per heavy atom. The number of nitrogens with two attached hydrogens (primary N) is 1. The van der Waals surface area contributed by atoms with E-state index in [-0.39, 0.29) is 6.04 Å². The highest BCUT2D eigenvalue weighted by atomic mass is 35.5. The molecule has 0 aromatic heterocycles. The molecule has 3 rings (SSSR count). The standard InChI is InChI=1S/C18H27ClN2/c1-13(20)11-15-12-16(19)8-9-18(15)21-10-4-7-17(21)14-5-2-3-6-14/h8-9,12-14,17H,2-7,10-11,20H2,1H3. The average Bonchev–Trinajstić information content (AvgIpc) is 3.08. The van der Waals surface area contributed by atoms with Crippen molar-refractivity contribution in [3.63, 3.8) is 0 Å². The Morgan fingerprint density at radius 3 is 2.71 bits per heavy atom. The van der Waals surface area contributed by atoms with Gasteiger partial charge in [-0.1, -0.05) is 24.4 Å². The van der Waals surface area contributed by atoms with E-state index >= 15 is 0 Å². The molecule has 3 heteroatoms. The predicted octanol–water partition coefficient (Wildman–Crippen LogP) is 4.39. The normalized spacial score (nSPS) is 24.7. The highest BCUT2D eigenvalue weighted by Crippen LogP contribution is 2.39. The summed E-state index contributed by atoms with van der Waals surface area (Å²) in [4.78, 5) is 2.66. The monoisotopic (exact) mass is 306 g/mol. The van der Waals surface area contributed by atoms with Gasteiger partial charge in [-0.15, -0.1) is 0 Å². The first-order valence-corrected chi connectivity index (χ1v) is 8.83. The lowest BCUT2D eigenvalue weighted by molar-refractivity contribution is 0.430. The maximum atomic E-state index is 6.21. The molecule has 116 valence electrons. The van der Waals surface area contributed by atoms with Gasteiger partial charge in [-0.05, 0) is 68.7 Å². The van der Waals surface area contributed by atoms with Crippen LogP contribution in [0.4, 0.5) is 5.69 Å². The molecular formula is C18H27ClN2. The van der Waals surface area contributed by atoms with Crippen molar-refractivity contribution in [2.45, 2.75) is 64.0 Å². The quantitative estimate of drug-likeness (QED) is 0.894. The molecule has 2 fully saturated rings. The highest BCUT2D eigenvalue weighted by molar-refractivity contribution is 6.30. The number of hydrogen-bond acceptors (Lipinski definition) is 2. The first kappa shape index (κ1) is 15.2. The summed E-state index contributed by atoms with van der Waals surface area (Å²) in [6, 6.07) is 7.28. The third-order valence-corrected chi connectivity index (χ3v) is 5.37. The molecule has 21 heavy (non-hydrogen) atoms. The van der Waals surface area contributed by atoms with Gasteiger partial charge in [-0.3, -0.25) is 0 Å². The second-order valence-electron chi connectivity index (χ2n) is 6.90. The van der Waals surface area contributed by atoms with Crippen LogP contribution in [-0.4, -0.2) is 18.6 Å². The third kappa shape index (κ3) is 3.37. The molecule has 1 saturated carbocycles. The van der Waals surface area contributed by atoms with E-state index in [2.05, 4.69) is 24.0 Å². The van der Waals surface area contributed by atoms with Gasteiger partial charge >= 0.3 is 0 Å². The van der Waals surface area contributed by atoms with E-state index in [1.807, 2.05) is 6.07 Å². The summed E-state index contributed by atoms with van der Waals surface area (Å²) in [6.45, 7) is 3.26. The van der Waals surface area contributed by atoms with Gasteiger partial charge in [-0.25, -0.2) is 0 Å². The van der Waals surface area contributed by atoms with Crippen molar-refractivity contribution >= 4 is 17.3 Å². The van der Waals surface area contributed by atoms with Gasteiger partial charge in [0.15, 0.2) is 0 Å².